The van der Waals surface area contributed by atoms with Crippen LogP contribution in [0.5, 0.6) is 0 Å². The number of ether oxygens (including phenoxy) is 4. The van der Waals surface area contributed by atoms with E-state index in [9.17, 15) is 24.3 Å². The molecular formula is C40H52O9. The lowest BCUT2D eigenvalue weighted by molar-refractivity contribution is -0.220. The first-order valence-corrected chi connectivity index (χ1v) is 18.6. The molecule has 4 aliphatic heterocycles. The Bertz CT molecular complexity index is 1590. The molecule has 4 bridgehead atoms. The number of esters is 2. The number of hydrogen-bond acceptors (Lipinski definition) is 8. The minimum absolute atomic E-state index is 0.0412. The van der Waals surface area contributed by atoms with Gasteiger partial charge in [0.25, 0.3) is 0 Å². The predicted octanol–water partition coefficient (Wildman–Crippen LogP) is 6.43. The van der Waals surface area contributed by atoms with Crippen LogP contribution in [0, 0.1) is 39.9 Å². The molecule has 7 fully saturated rings. The first-order chi connectivity index (χ1) is 23.1. The van der Waals surface area contributed by atoms with Crippen LogP contribution in [0.25, 0.3) is 0 Å². The lowest BCUT2D eigenvalue weighted by atomic mass is 9.41. The smallest absolute Gasteiger partial charge is 0.334 e. The zero-order chi connectivity index (χ0) is 34.9. The average molecular weight is 677 g/mol. The van der Waals surface area contributed by atoms with Gasteiger partial charge in [-0.05, 0) is 133 Å². The van der Waals surface area contributed by atoms with Crippen molar-refractivity contribution < 1.29 is 43.2 Å². The second-order valence-electron chi connectivity index (χ2n) is 17.9. The van der Waals surface area contributed by atoms with Gasteiger partial charge in [-0.15, -0.1) is 0 Å². The van der Waals surface area contributed by atoms with Gasteiger partial charge in [0.15, 0.2) is 11.4 Å². The molecule has 0 aromatic rings. The molecular weight excluding hydrogens is 624 g/mol. The fraction of sp³-hybridized carbons (Fsp3) is 0.750. The number of carboxylic acids is 1. The average Bonchev–Trinajstić information content (AvgIpc) is 3.60. The molecule has 4 aliphatic carbocycles. The first-order valence-electron chi connectivity index (χ1n) is 18.6. The molecule has 0 radical (unpaired) electrons. The molecule has 0 unspecified atom stereocenters. The maximum Gasteiger partial charge on any atom is 0.334 e. The molecule has 9 nitrogen and oxygen atoms in total. The number of rotatable bonds is 3. The third kappa shape index (κ3) is 4.42. The highest BCUT2D eigenvalue weighted by atomic mass is 16.6. The number of hydrogen-bond donors (Lipinski definition) is 1. The van der Waals surface area contributed by atoms with E-state index in [2.05, 4.69) is 13.5 Å². The molecule has 0 amide bonds. The maximum atomic E-state index is 14.5. The van der Waals surface area contributed by atoms with Gasteiger partial charge >= 0.3 is 17.9 Å². The normalized spacial score (nSPS) is 51.5. The SMILES string of the molecule is C=C1C(=O)O[C@H]2[C@H]1[C@H](OC(=O)/C(C)=C/C)C[C@]1(C)C=CC(=O)[C@@]3(CC[C@]4(C[C@@]56CC[C@H]7[C@@](C)(CCC[C@@]7(C)C(=O)O)[C@@H]5CC[C@@H]4C6)O3)[C@H]2O1. The van der Waals surface area contributed by atoms with Gasteiger partial charge in [-0.2, -0.15) is 0 Å². The van der Waals surface area contributed by atoms with Crippen LogP contribution in [0.15, 0.2) is 36.0 Å². The Morgan fingerprint density at radius 1 is 1.02 bits per heavy atom. The molecule has 4 heterocycles. The molecule has 13 atom stereocenters. The van der Waals surface area contributed by atoms with Gasteiger partial charge in [0.2, 0.25) is 0 Å². The molecule has 9 heteroatoms. The molecule has 8 rings (SSSR count). The van der Waals surface area contributed by atoms with Crippen LogP contribution in [-0.4, -0.2) is 63.9 Å². The van der Waals surface area contributed by atoms with E-state index in [-0.39, 0.29) is 40.4 Å². The van der Waals surface area contributed by atoms with E-state index >= 15 is 0 Å². The number of carboxylic acid groups (broad SMARTS) is 1. The summed E-state index contributed by atoms with van der Waals surface area (Å²) in [4.78, 5) is 53.3. The van der Waals surface area contributed by atoms with Gasteiger partial charge in [-0.3, -0.25) is 9.59 Å². The Kier molecular flexibility index (Phi) is 7.24. The van der Waals surface area contributed by atoms with Crippen LogP contribution in [0.2, 0.25) is 0 Å². The second kappa shape index (κ2) is 10.6. The third-order valence-corrected chi connectivity index (χ3v) is 15.5. The maximum absolute atomic E-state index is 14.5. The number of ketones is 1. The highest BCUT2D eigenvalue weighted by molar-refractivity contribution is 5.99. The molecule has 4 saturated carbocycles. The van der Waals surface area contributed by atoms with E-state index in [1.165, 1.54) is 0 Å². The molecule has 3 saturated heterocycles. The van der Waals surface area contributed by atoms with Gasteiger partial charge in [0.05, 0.1) is 22.5 Å². The van der Waals surface area contributed by atoms with E-state index in [4.69, 9.17) is 18.9 Å². The lowest BCUT2D eigenvalue weighted by Gasteiger charge is -2.63. The van der Waals surface area contributed by atoms with Gasteiger partial charge in [0.1, 0.15) is 18.3 Å². The topological polar surface area (TPSA) is 125 Å². The summed E-state index contributed by atoms with van der Waals surface area (Å²) in [6, 6.07) is 0. The van der Waals surface area contributed by atoms with Crippen molar-refractivity contribution in [3.63, 3.8) is 0 Å². The summed E-state index contributed by atoms with van der Waals surface area (Å²) in [6.07, 6.45) is 12.4. The molecule has 3 spiro atoms. The summed E-state index contributed by atoms with van der Waals surface area (Å²) in [5, 5.41) is 10.4. The Balaban J connectivity index is 1.14. The van der Waals surface area contributed by atoms with Crippen molar-refractivity contribution in [2.75, 3.05) is 0 Å². The number of allylic oxidation sites excluding steroid dienone is 1. The predicted molar refractivity (Wildman–Crippen MR) is 178 cm³/mol. The summed E-state index contributed by atoms with van der Waals surface area (Å²) in [5.41, 5.74) is -2.89. The van der Waals surface area contributed by atoms with Gasteiger partial charge in [-0.25, -0.2) is 9.59 Å². The number of fused-ring (bicyclic) bond motifs is 9. The Labute approximate surface area is 289 Å². The number of carbonyl (C=O) groups is 4. The van der Waals surface area contributed by atoms with Gasteiger partial charge < -0.3 is 24.1 Å². The van der Waals surface area contributed by atoms with E-state index in [1.807, 2.05) is 13.8 Å². The van der Waals surface area contributed by atoms with Crippen LogP contribution in [0.3, 0.4) is 0 Å². The molecule has 0 aromatic carbocycles. The van der Waals surface area contributed by atoms with Crippen LogP contribution in [0.4, 0.5) is 0 Å². The Morgan fingerprint density at radius 3 is 2.53 bits per heavy atom. The highest BCUT2D eigenvalue weighted by Gasteiger charge is 2.74. The summed E-state index contributed by atoms with van der Waals surface area (Å²) >= 11 is 0. The lowest BCUT2D eigenvalue weighted by Crippen LogP contribution is -2.58. The number of carbonyl (C=O) groups excluding carboxylic acids is 3. The highest BCUT2D eigenvalue weighted by Crippen LogP contribution is 2.75. The monoisotopic (exact) mass is 676 g/mol. The van der Waals surface area contributed by atoms with Crippen molar-refractivity contribution in [2.45, 2.75) is 147 Å². The third-order valence-electron chi connectivity index (χ3n) is 15.5. The van der Waals surface area contributed by atoms with Crippen LogP contribution >= 0.6 is 0 Å². The van der Waals surface area contributed by atoms with Crippen LogP contribution in [0.1, 0.15) is 112 Å². The van der Waals surface area contributed by atoms with Crippen molar-refractivity contribution in [1.82, 2.24) is 0 Å². The second-order valence-corrected chi connectivity index (χ2v) is 17.9. The van der Waals surface area contributed by atoms with E-state index in [1.54, 1.807) is 32.1 Å². The zero-order valence-corrected chi connectivity index (χ0v) is 29.7. The molecule has 8 aliphatic rings. The largest absolute Gasteiger partial charge is 0.481 e. The van der Waals surface area contributed by atoms with Gasteiger partial charge in [-0.1, -0.05) is 26.0 Å². The standard InChI is InChI=1S/C40H52O9/c1-7-22(2)32(42)46-25-20-35(4)15-12-28(41)40(31(48-35)30-29(25)23(3)33(43)47-30)18-17-39(49-40)21-38-16-11-26-36(5,27(38)10-9-24(39)19-38)13-8-14-37(26,6)34(44)45/h7,12,15,24-27,29-31H,3,8-11,13-14,16-21H2,1-2,4-6H3,(H,44,45)/b22-7+/t24-,25-,26+,27+,29-,30+,31+,35+,36-,37-,38+,39-,40+/m1/s1. The summed E-state index contributed by atoms with van der Waals surface area (Å²) < 4.78 is 26.4. The van der Waals surface area contributed by atoms with E-state index < -0.39 is 64.4 Å². The molecule has 1 N–H and O–H groups in total. The minimum Gasteiger partial charge on any atom is -0.481 e. The quantitative estimate of drug-likeness (QED) is 0.266. The summed E-state index contributed by atoms with van der Waals surface area (Å²) in [5.74, 6) is -1.70. The van der Waals surface area contributed by atoms with Crippen LogP contribution in [-0.2, 0) is 38.1 Å². The molecule has 0 aromatic heterocycles. The first kappa shape index (κ1) is 33.4. The molecule has 49 heavy (non-hydrogen) atoms. The van der Waals surface area contributed by atoms with Gasteiger partial charge in [0, 0.05) is 17.6 Å². The van der Waals surface area contributed by atoms with Crippen molar-refractivity contribution in [2.24, 2.45) is 39.9 Å². The fourth-order valence-electron chi connectivity index (χ4n) is 13.2. The molecule has 266 valence electrons. The van der Waals surface area contributed by atoms with Crippen LogP contribution < -0.4 is 0 Å². The van der Waals surface area contributed by atoms with E-state index in [0.29, 0.717) is 24.3 Å². The summed E-state index contributed by atoms with van der Waals surface area (Å²) in [6.45, 7) is 13.8. The Hall–Kier alpha value is -2.78. The Morgan fingerprint density at radius 2 is 1.80 bits per heavy atom. The fourth-order valence-corrected chi connectivity index (χ4v) is 13.2. The minimum atomic E-state index is -1.36. The zero-order valence-electron chi connectivity index (χ0n) is 29.7. The van der Waals surface area contributed by atoms with E-state index in [0.717, 1.165) is 57.8 Å². The summed E-state index contributed by atoms with van der Waals surface area (Å²) in [7, 11) is 0. The van der Waals surface area contributed by atoms with Crippen molar-refractivity contribution in [3.8, 4) is 0 Å². The van der Waals surface area contributed by atoms with Crippen molar-refractivity contribution >= 4 is 23.7 Å². The van der Waals surface area contributed by atoms with Crippen molar-refractivity contribution in [1.29, 1.82) is 0 Å². The number of aliphatic carboxylic acids is 1. The van der Waals surface area contributed by atoms with Crippen molar-refractivity contribution in [3.05, 3.63) is 36.0 Å².